The number of carbonyl (C=O) groups is 1. The minimum absolute atomic E-state index is 0.0265. The minimum Gasteiger partial charge on any atom is -0.497 e. The van der Waals surface area contributed by atoms with Gasteiger partial charge in [-0.05, 0) is 38.7 Å². The summed E-state index contributed by atoms with van der Waals surface area (Å²) in [4.78, 5) is 14.0. The summed E-state index contributed by atoms with van der Waals surface area (Å²) in [7, 11) is 3.61. The standard InChI is InChI=1S/C16H22N2O3/c1-6-17(4)10-21-16-11(2)18(12(3)19)15-8-7-13(20-5)9-14(15)16/h7-9H,6,10H2,1-5H3. The van der Waals surface area contributed by atoms with Gasteiger partial charge >= 0.3 is 0 Å². The van der Waals surface area contributed by atoms with Crippen LogP contribution in [0.15, 0.2) is 18.2 Å². The van der Waals surface area contributed by atoms with Crippen LogP contribution in [-0.4, -0.2) is 42.8 Å². The first-order valence-corrected chi connectivity index (χ1v) is 7.00. The number of carbonyl (C=O) groups excluding carboxylic acids is 1. The van der Waals surface area contributed by atoms with E-state index in [0.29, 0.717) is 6.73 Å². The number of hydrogen-bond acceptors (Lipinski definition) is 4. The zero-order valence-corrected chi connectivity index (χ0v) is 13.3. The molecule has 0 N–H and O–H groups in total. The van der Waals surface area contributed by atoms with Crippen molar-refractivity contribution in [1.29, 1.82) is 0 Å². The van der Waals surface area contributed by atoms with Crippen molar-refractivity contribution >= 4 is 16.8 Å². The van der Waals surface area contributed by atoms with E-state index in [2.05, 4.69) is 11.8 Å². The number of aromatic nitrogens is 1. The molecule has 0 aliphatic rings. The Bertz CT molecular complexity index is 661. The van der Waals surface area contributed by atoms with Crippen LogP contribution in [0.3, 0.4) is 0 Å². The number of methoxy groups -OCH3 is 1. The fraction of sp³-hybridized carbons (Fsp3) is 0.438. The molecule has 0 radical (unpaired) electrons. The van der Waals surface area contributed by atoms with Gasteiger partial charge in [0.25, 0.3) is 0 Å². The van der Waals surface area contributed by atoms with Gasteiger partial charge in [-0.1, -0.05) is 6.92 Å². The molecule has 0 aliphatic heterocycles. The van der Waals surface area contributed by atoms with Gasteiger partial charge in [-0.2, -0.15) is 0 Å². The first kappa shape index (κ1) is 15.4. The lowest BCUT2D eigenvalue weighted by Gasteiger charge is -2.15. The van der Waals surface area contributed by atoms with Crippen LogP contribution in [0.5, 0.6) is 11.5 Å². The molecule has 0 amide bonds. The van der Waals surface area contributed by atoms with Crippen molar-refractivity contribution in [2.24, 2.45) is 0 Å². The van der Waals surface area contributed by atoms with Crippen molar-refractivity contribution in [2.45, 2.75) is 20.8 Å². The second-order valence-corrected chi connectivity index (χ2v) is 5.10. The maximum absolute atomic E-state index is 11.9. The summed E-state index contributed by atoms with van der Waals surface area (Å²) >= 11 is 0. The maximum atomic E-state index is 11.9. The van der Waals surface area contributed by atoms with Gasteiger partial charge in [-0.25, -0.2) is 0 Å². The molecule has 0 fully saturated rings. The molecular weight excluding hydrogens is 268 g/mol. The summed E-state index contributed by atoms with van der Waals surface area (Å²) in [5.41, 5.74) is 1.66. The molecular formula is C16H22N2O3. The Hall–Kier alpha value is -2.01. The van der Waals surface area contributed by atoms with E-state index < -0.39 is 0 Å². The smallest absolute Gasteiger partial charge is 0.228 e. The Morgan fingerprint density at radius 3 is 2.67 bits per heavy atom. The average molecular weight is 290 g/mol. The van der Waals surface area contributed by atoms with Gasteiger partial charge in [-0.15, -0.1) is 0 Å². The van der Waals surface area contributed by atoms with Crippen molar-refractivity contribution in [1.82, 2.24) is 9.47 Å². The quantitative estimate of drug-likeness (QED) is 0.794. The van der Waals surface area contributed by atoms with Crippen LogP contribution in [0.25, 0.3) is 10.9 Å². The Labute approximate surface area is 125 Å². The molecule has 0 atom stereocenters. The van der Waals surface area contributed by atoms with Crippen LogP contribution in [0.1, 0.15) is 24.3 Å². The highest BCUT2D eigenvalue weighted by molar-refractivity contribution is 5.97. The topological polar surface area (TPSA) is 43.7 Å². The Kier molecular flexibility index (Phi) is 4.53. The number of benzene rings is 1. The molecule has 2 rings (SSSR count). The summed E-state index contributed by atoms with van der Waals surface area (Å²) in [5.74, 6) is 1.46. The molecule has 0 aliphatic carbocycles. The van der Waals surface area contributed by atoms with Crippen LogP contribution in [0.4, 0.5) is 0 Å². The molecule has 0 saturated heterocycles. The van der Waals surface area contributed by atoms with Crippen molar-refractivity contribution < 1.29 is 14.3 Å². The van der Waals surface area contributed by atoms with Gasteiger partial charge in [0.05, 0.1) is 18.3 Å². The number of ether oxygens (including phenoxy) is 2. The number of nitrogens with zero attached hydrogens (tertiary/aromatic N) is 2. The lowest BCUT2D eigenvalue weighted by atomic mass is 10.2. The summed E-state index contributed by atoms with van der Waals surface area (Å²) in [6, 6.07) is 5.64. The monoisotopic (exact) mass is 290 g/mol. The van der Waals surface area contributed by atoms with Gasteiger partial charge in [0.2, 0.25) is 5.91 Å². The van der Waals surface area contributed by atoms with E-state index in [9.17, 15) is 4.79 Å². The first-order chi connectivity index (χ1) is 9.99. The molecule has 0 bridgehead atoms. The van der Waals surface area contributed by atoms with E-state index >= 15 is 0 Å². The number of rotatable bonds is 5. The highest BCUT2D eigenvalue weighted by atomic mass is 16.5. The van der Waals surface area contributed by atoms with Crippen LogP contribution < -0.4 is 9.47 Å². The molecule has 21 heavy (non-hydrogen) atoms. The van der Waals surface area contributed by atoms with E-state index in [4.69, 9.17) is 9.47 Å². The van der Waals surface area contributed by atoms with Crippen molar-refractivity contribution in [2.75, 3.05) is 27.4 Å². The van der Waals surface area contributed by atoms with Gasteiger partial charge in [0, 0.05) is 12.3 Å². The molecule has 5 nitrogen and oxygen atoms in total. The fourth-order valence-corrected chi connectivity index (χ4v) is 2.35. The van der Waals surface area contributed by atoms with Gasteiger partial charge in [0.15, 0.2) is 0 Å². The normalized spacial score (nSPS) is 11.1. The average Bonchev–Trinajstić information content (AvgIpc) is 2.75. The third kappa shape index (κ3) is 2.88. The van der Waals surface area contributed by atoms with E-state index in [1.165, 1.54) is 0 Å². The largest absolute Gasteiger partial charge is 0.497 e. The predicted octanol–water partition coefficient (Wildman–Crippen LogP) is 2.91. The van der Waals surface area contributed by atoms with Crippen LogP contribution in [0.2, 0.25) is 0 Å². The van der Waals surface area contributed by atoms with Crippen molar-refractivity contribution in [3.8, 4) is 11.5 Å². The number of hydrogen-bond donors (Lipinski definition) is 0. The zero-order chi connectivity index (χ0) is 15.6. The van der Waals surface area contributed by atoms with E-state index in [0.717, 1.165) is 34.6 Å². The Balaban J connectivity index is 2.55. The van der Waals surface area contributed by atoms with Crippen LogP contribution in [-0.2, 0) is 0 Å². The number of fused-ring (bicyclic) bond motifs is 1. The molecule has 114 valence electrons. The second-order valence-electron chi connectivity index (χ2n) is 5.10. The Morgan fingerprint density at radius 1 is 1.38 bits per heavy atom. The van der Waals surface area contributed by atoms with Gasteiger partial charge < -0.3 is 9.47 Å². The second kappa shape index (κ2) is 6.18. The highest BCUT2D eigenvalue weighted by Gasteiger charge is 2.18. The minimum atomic E-state index is -0.0265. The van der Waals surface area contributed by atoms with Crippen LogP contribution >= 0.6 is 0 Å². The molecule has 0 unspecified atom stereocenters. The fourth-order valence-electron chi connectivity index (χ4n) is 2.35. The molecule has 0 saturated carbocycles. The summed E-state index contributed by atoms with van der Waals surface area (Å²) in [6.07, 6.45) is 0. The molecule has 1 aromatic heterocycles. The van der Waals surface area contributed by atoms with E-state index in [1.807, 2.05) is 32.2 Å². The highest BCUT2D eigenvalue weighted by Crippen LogP contribution is 2.35. The summed E-state index contributed by atoms with van der Waals surface area (Å²) in [6.45, 7) is 6.89. The molecule has 5 heteroatoms. The third-order valence-electron chi connectivity index (χ3n) is 3.64. The zero-order valence-electron chi connectivity index (χ0n) is 13.3. The molecule has 1 heterocycles. The van der Waals surface area contributed by atoms with Gasteiger partial charge in [0.1, 0.15) is 18.2 Å². The van der Waals surface area contributed by atoms with Crippen molar-refractivity contribution in [3.63, 3.8) is 0 Å². The van der Waals surface area contributed by atoms with E-state index in [-0.39, 0.29) is 5.91 Å². The third-order valence-corrected chi connectivity index (χ3v) is 3.64. The molecule has 2 aromatic rings. The van der Waals surface area contributed by atoms with E-state index in [1.54, 1.807) is 18.6 Å². The SMILES string of the molecule is CCN(C)COc1c(C)n(C(C)=O)c2ccc(OC)cc12. The first-order valence-electron chi connectivity index (χ1n) is 7.00. The van der Waals surface area contributed by atoms with Gasteiger partial charge in [-0.3, -0.25) is 14.3 Å². The lowest BCUT2D eigenvalue weighted by Crippen LogP contribution is -2.23. The molecule has 0 spiro atoms. The predicted molar refractivity (Wildman–Crippen MR) is 83.3 cm³/mol. The lowest BCUT2D eigenvalue weighted by molar-refractivity contribution is 0.0937. The summed E-state index contributed by atoms with van der Waals surface area (Å²) in [5, 5.41) is 0.895. The summed E-state index contributed by atoms with van der Waals surface area (Å²) < 4.78 is 12.9. The maximum Gasteiger partial charge on any atom is 0.228 e. The van der Waals surface area contributed by atoms with Crippen LogP contribution in [0, 0.1) is 6.92 Å². The van der Waals surface area contributed by atoms with Crippen molar-refractivity contribution in [3.05, 3.63) is 23.9 Å². The Morgan fingerprint density at radius 2 is 2.10 bits per heavy atom. The molecule has 1 aromatic carbocycles.